The monoisotopic (exact) mass is 371 g/mol. The molecule has 2 heterocycles. The summed E-state index contributed by atoms with van der Waals surface area (Å²) >= 11 is 13.1. The quantitative estimate of drug-likeness (QED) is 0.643. The van der Waals surface area contributed by atoms with Gasteiger partial charge in [0.25, 0.3) is 0 Å². The summed E-state index contributed by atoms with van der Waals surface area (Å²) in [4.78, 5) is 4.94. The fourth-order valence-corrected chi connectivity index (χ4v) is 3.39. The lowest BCUT2D eigenvalue weighted by atomic mass is 10.2. The first-order valence-electron chi connectivity index (χ1n) is 6.57. The Morgan fingerprint density at radius 3 is 2.83 bits per heavy atom. The summed E-state index contributed by atoms with van der Waals surface area (Å²) < 4.78 is 23.8. The molecule has 0 saturated heterocycles. The van der Waals surface area contributed by atoms with Gasteiger partial charge >= 0.3 is 0 Å². The molecule has 0 unspecified atom stereocenters. The maximum atomic E-state index is 13.9. The zero-order chi connectivity index (χ0) is 16.6. The summed E-state index contributed by atoms with van der Waals surface area (Å²) in [6.45, 7) is 0. The van der Waals surface area contributed by atoms with Crippen LogP contribution in [0.5, 0.6) is 5.88 Å². The van der Waals surface area contributed by atoms with Crippen molar-refractivity contribution in [3.8, 4) is 5.88 Å². The third-order valence-corrected chi connectivity index (χ3v) is 4.61. The minimum atomic E-state index is -0.549. The molecule has 0 aliphatic rings. The summed E-state index contributed by atoms with van der Waals surface area (Å²) in [5.41, 5.74) is 0.990. The highest BCUT2D eigenvalue weighted by molar-refractivity contribution is 8.00. The molecule has 1 N–H and O–H groups in total. The lowest BCUT2D eigenvalue weighted by molar-refractivity contribution is 0.397. The molecule has 3 rings (SSSR count). The molecule has 0 bridgehead atoms. The Balaban J connectivity index is 1.89. The zero-order valence-electron chi connectivity index (χ0n) is 12.2. The van der Waals surface area contributed by atoms with Crippen molar-refractivity contribution < 1.29 is 9.13 Å². The van der Waals surface area contributed by atoms with Crippen molar-refractivity contribution in [2.24, 2.45) is 7.05 Å². The highest BCUT2D eigenvalue weighted by atomic mass is 35.5. The van der Waals surface area contributed by atoms with E-state index in [0.29, 0.717) is 5.02 Å². The summed E-state index contributed by atoms with van der Waals surface area (Å²) in [6.07, 6.45) is 1.93. The first kappa shape index (κ1) is 16.2. The number of rotatable bonds is 4. The van der Waals surface area contributed by atoms with Crippen molar-refractivity contribution in [2.45, 2.75) is 4.90 Å². The number of aryl methyl sites for hydroxylation is 1. The van der Waals surface area contributed by atoms with Crippen LogP contribution in [0, 0.1) is 5.82 Å². The van der Waals surface area contributed by atoms with E-state index in [4.69, 9.17) is 27.9 Å². The minimum Gasteiger partial charge on any atom is -0.480 e. The van der Waals surface area contributed by atoms with Crippen LogP contribution in [0.4, 0.5) is 10.2 Å². The van der Waals surface area contributed by atoms with Gasteiger partial charge in [-0.2, -0.15) is 4.98 Å². The van der Waals surface area contributed by atoms with E-state index in [9.17, 15) is 4.39 Å². The second-order valence-corrected chi connectivity index (χ2v) is 6.47. The van der Waals surface area contributed by atoms with Crippen LogP contribution in [0.1, 0.15) is 0 Å². The van der Waals surface area contributed by atoms with Gasteiger partial charge in [0.2, 0.25) is 5.88 Å². The minimum absolute atomic E-state index is 0.0576. The average Bonchev–Trinajstić information content (AvgIpc) is 2.82. The molecular formula is C15H12Cl2FN3OS. The summed E-state index contributed by atoms with van der Waals surface area (Å²) in [5, 5.41) is 1.80. The third kappa shape index (κ3) is 3.20. The van der Waals surface area contributed by atoms with Gasteiger partial charge in [-0.3, -0.25) is 0 Å². The van der Waals surface area contributed by atoms with E-state index in [0.717, 1.165) is 15.8 Å². The van der Waals surface area contributed by atoms with Crippen LogP contribution < -0.4 is 9.46 Å². The predicted octanol–water partition coefficient (Wildman–Crippen LogP) is 5.15. The fourth-order valence-electron chi connectivity index (χ4n) is 2.17. The highest BCUT2D eigenvalue weighted by Crippen LogP contribution is 2.33. The van der Waals surface area contributed by atoms with E-state index >= 15 is 0 Å². The molecular weight excluding hydrogens is 360 g/mol. The van der Waals surface area contributed by atoms with Crippen LogP contribution in [0.25, 0.3) is 10.9 Å². The van der Waals surface area contributed by atoms with Crippen molar-refractivity contribution in [3.63, 3.8) is 0 Å². The number of benzene rings is 1. The van der Waals surface area contributed by atoms with Gasteiger partial charge in [0.1, 0.15) is 5.02 Å². The maximum Gasteiger partial charge on any atom is 0.234 e. The molecule has 3 aromatic rings. The number of anilines is 1. The van der Waals surface area contributed by atoms with E-state index in [-0.39, 0.29) is 16.7 Å². The van der Waals surface area contributed by atoms with Gasteiger partial charge in [-0.25, -0.2) is 4.39 Å². The number of nitrogens with one attached hydrogen (secondary N) is 1. The molecule has 0 amide bonds. The molecule has 23 heavy (non-hydrogen) atoms. The van der Waals surface area contributed by atoms with Crippen molar-refractivity contribution in [3.05, 3.63) is 46.3 Å². The number of pyridine rings is 1. The second kappa shape index (κ2) is 6.47. The average molecular weight is 372 g/mol. The summed E-state index contributed by atoms with van der Waals surface area (Å²) in [6, 6.07) is 6.79. The lowest BCUT2D eigenvalue weighted by Crippen LogP contribution is -1.98. The normalized spacial score (nSPS) is 11.0. The molecule has 0 aliphatic heterocycles. The Bertz CT molecular complexity index is 885. The SMILES string of the molecule is COc1nc(NSc2cn(C)c3cc(Cl)ccc23)c(F)cc1Cl. The van der Waals surface area contributed by atoms with Crippen LogP contribution >= 0.6 is 35.1 Å². The number of halogens is 3. The van der Waals surface area contributed by atoms with E-state index in [1.807, 2.05) is 36.0 Å². The Hall–Kier alpha value is -1.63. The maximum absolute atomic E-state index is 13.9. The number of fused-ring (bicyclic) bond motifs is 1. The Labute approximate surface area is 146 Å². The molecule has 4 nitrogen and oxygen atoms in total. The van der Waals surface area contributed by atoms with Crippen LogP contribution in [0.2, 0.25) is 10.0 Å². The predicted molar refractivity (Wildman–Crippen MR) is 93.2 cm³/mol. The molecule has 0 aliphatic carbocycles. The summed E-state index contributed by atoms with van der Waals surface area (Å²) in [5.74, 6) is -0.324. The number of hydrogen-bond acceptors (Lipinski definition) is 4. The van der Waals surface area contributed by atoms with Crippen LogP contribution in [0.3, 0.4) is 0 Å². The van der Waals surface area contributed by atoms with E-state index < -0.39 is 5.82 Å². The highest BCUT2D eigenvalue weighted by Gasteiger charge is 2.13. The topological polar surface area (TPSA) is 39.1 Å². The van der Waals surface area contributed by atoms with Gasteiger partial charge in [0, 0.05) is 29.7 Å². The van der Waals surface area contributed by atoms with Gasteiger partial charge in [-0.15, -0.1) is 0 Å². The molecule has 1 aromatic carbocycles. The van der Waals surface area contributed by atoms with E-state index in [1.54, 1.807) is 0 Å². The molecule has 8 heteroatoms. The van der Waals surface area contributed by atoms with Crippen molar-refractivity contribution in [1.29, 1.82) is 0 Å². The molecule has 0 fully saturated rings. The number of methoxy groups -OCH3 is 1. The van der Waals surface area contributed by atoms with Crippen molar-refractivity contribution >= 4 is 51.9 Å². The Kier molecular flexibility index (Phi) is 4.57. The standard InChI is InChI=1S/C15H12Cl2FN3OS/c1-21-7-13(9-4-3-8(16)5-12(9)21)23-20-14-11(18)6-10(17)15(19-14)22-2/h3-7H,1-2H3,(H,19,20). The van der Waals surface area contributed by atoms with Crippen LogP contribution in [0.15, 0.2) is 35.4 Å². The second-order valence-electron chi connectivity index (χ2n) is 4.78. The zero-order valence-corrected chi connectivity index (χ0v) is 14.6. The first-order chi connectivity index (χ1) is 11.0. The van der Waals surface area contributed by atoms with Gasteiger partial charge in [-0.1, -0.05) is 29.3 Å². The fraction of sp³-hybridized carbons (Fsp3) is 0.133. The third-order valence-electron chi connectivity index (χ3n) is 3.26. The molecule has 0 spiro atoms. The Morgan fingerprint density at radius 2 is 2.09 bits per heavy atom. The molecule has 0 radical (unpaired) electrons. The smallest absolute Gasteiger partial charge is 0.234 e. The molecule has 120 valence electrons. The summed E-state index contributed by atoms with van der Waals surface area (Å²) in [7, 11) is 3.35. The van der Waals surface area contributed by atoms with Gasteiger partial charge in [-0.05, 0) is 24.1 Å². The van der Waals surface area contributed by atoms with Crippen molar-refractivity contribution in [2.75, 3.05) is 11.8 Å². The van der Waals surface area contributed by atoms with E-state index in [2.05, 4.69) is 9.71 Å². The lowest BCUT2D eigenvalue weighted by Gasteiger charge is -2.08. The molecule has 0 atom stereocenters. The van der Waals surface area contributed by atoms with E-state index in [1.165, 1.54) is 25.1 Å². The van der Waals surface area contributed by atoms with Crippen LogP contribution in [-0.4, -0.2) is 16.7 Å². The number of hydrogen-bond donors (Lipinski definition) is 1. The Morgan fingerprint density at radius 1 is 1.30 bits per heavy atom. The number of aromatic nitrogens is 2. The van der Waals surface area contributed by atoms with Crippen molar-refractivity contribution in [1.82, 2.24) is 9.55 Å². The van der Waals surface area contributed by atoms with Gasteiger partial charge in [0.15, 0.2) is 11.6 Å². The van der Waals surface area contributed by atoms with Gasteiger partial charge < -0.3 is 14.0 Å². The van der Waals surface area contributed by atoms with Crippen LogP contribution in [-0.2, 0) is 7.05 Å². The largest absolute Gasteiger partial charge is 0.480 e. The number of ether oxygens (including phenoxy) is 1. The first-order valence-corrected chi connectivity index (χ1v) is 8.14. The number of nitrogens with zero attached hydrogens (tertiary/aromatic N) is 2. The molecule has 2 aromatic heterocycles. The molecule has 0 saturated carbocycles. The van der Waals surface area contributed by atoms with Gasteiger partial charge in [0.05, 0.1) is 17.5 Å².